The number of phenols is 1. The van der Waals surface area contributed by atoms with Crippen LogP contribution in [0.5, 0.6) is 5.75 Å². The normalized spacial score (nSPS) is 10.7. The highest BCUT2D eigenvalue weighted by Gasteiger charge is 2.12. The molecule has 0 fully saturated rings. The quantitative estimate of drug-likeness (QED) is 0.659. The van der Waals surface area contributed by atoms with Crippen molar-refractivity contribution in [3.8, 4) is 17.1 Å². The van der Waals surface area contributed by atoms with Crippen LogP contribution >= 0.6 is 0 Å². The Bertz CT molecular complexity index is 915. The van der Waals surface area contributed by atoms with Crippen LogP contribution in [0.25, 0.3) is 22.3 Å². The molecule has 3 aromatic rings. The first-order chi connectivity index (χ1) is 10.1. The van der Waals surface area contributed by atoms with Crippen molar-refractivity contribution in [2.75, 3.05) is 0 Å². The van der Waals surface area contributed by atoms with Gasteiger partial charge in [-0.3, -0.25) is 9.59 Å². The van der Waals surface area contributed by atoms with Gasteiger partial charge in [-0.05, 0) is 30.3 Å². The first-order valence-electron chi connectivity index (χ1n) is 6.18. The second-order valence-corrected chi connectivity index (χ2v) is 4.53. The van der Waals surface area contributed by atoms with E-state index < -0.39 is 5.91 Å². The van der Waals surface area contributed by atoms with E-state index in [0.717, 1.165) is 0 Å². The second-order valence-electron chi connectivity index (χ2n) is 4.53. The summed E-state index contributed by atoms with van der Waals surface area (Å²) in [6, 6.07) is 11.0. The van der Waals surface area contributed by atoms with Crippen LogP contribution in [0.2, 0.25) is 0 Å². The van der Waals surface area contributed by atoms with E-state index in [1.807, 2.05) is 0 Å². The fourth-order valence-electron chi connectivity index (χ4n) is 2.09. The summed E-state index contributed by atoms with van der Waals surface area (Å²) in [5.74, 6) is -0.544. The molecule has 0 aliphatic carbocycles. The van der Waals surface area contributed by atoms with Crippen LogP contribution in [0.15, 0.2) is 47.3 Å². The highest BCUT2D eigenvalue weighted by Crippen LogP contribution is 2.27. The molecule has 6 heteroatoms. The van der Waals surface area contributed by atoms with Crippen LogP contribution < -0.4 is 11.3 Å². The van der Waals surface area contributed by atoms with Gasteiger partial charge in [0, 0.05) is 5.56 Å². The molecule has 3 rings (SSSR count). The third-order valence-corrected chi connectivity index (χ3v) is 3.15. The minimum absolute atomic E-state index is 0.0987. The maximum absolute atomic E-state index is 12.0. The number of hydrogen-bond acceptors (Lipinski definition) is 4. The minimum Gasteiger partial charge on any atom is -0.507 e. The molecular formula is C15H11N3O3. The molecular weight excluding hydrogens is 270 g/mol. The lowest BCUT2D eigenvalue weighted by Crippen LogP contribution is -2.12. The number of H-pyrrole nitrogens is 1. The first kappa shape index (κ1) is 12.9. The molecule has 0 atom stereocenters. The Kier molecular flexibility index (Phi) is 2.91. The van der Waals surface area contributed by atoms with Gasteiger partial charge < -0.3 is 15.8 Å². The topological polar surface area (TPSA) is 109 Å². The van der Waals surface area contributed by atoms with Crippen molar-refractivity contribution < 1.29 is 9.90 Å². The van der Waals surface area contributed by atoms with Gasteiger partial charge in [0.25, 0.3) is 5.56 Å². The van der Waals surface area contributed by atoms with Crippen molar-refractivity contribution in [3.05, 3.63) is 58.4 Å². The van der Waals surface area contributed by atoms with E-state index in [2.05, 4.69) is 9.97 Å². The predicted octanol–water partition coefficient (Wildman–Crippen LogP) is 1.39. The fourth-order valence-corrected chi connectivity index (χ4v) is 2.09. The number of carbonyl (C=O) groups is 1. The zero-order valence-electron chi connectivity index (χ0n) is 10.8. The molecule has 0 saturated heterocycles. The van der Waals surface area contributed by atoms with Crippen molar-refractivity contribution >= 4 is 16.8 Å². The standard InChI is InChI=1S/C15H11N3O3/c16-13(20)8-5-6-12(19)10(7-8)14-17-11-4-2-1-3-9(11)15(21)18-14/h1-7,19H,(H2,16,20)(H,17,18,21). The number of para-hydroxylation sites is 1. The summed E-state index contributed by atoms with van der Waals surface area (Å²) in [7, 11) is 0. The molecule has 0 radical (unpaired) electrons. The Morgan fingerprint density at radius 2 is 1.95 bits per heavy atom. The lowest BCUT2D eigenvalue weighted by molar-refractivity contribution is 0.100. The third-order valence-electron chi connectivity index (χ3n) is 3.15. The van der Waals surface area contributed by atoms with Crippen LogP contribution in [-0.2, 0) is 0 Å². The van der Waals surface area contributed by atoms with E-state index in [1.165, 1.54) is 18.2 Å². The Morgan fingerprint density at radius 3 is 2.71 bits per heavy atom. The summed E-state index contributed by atoms with van der Waals surface area (Å²) in [6.45, 7) is 0. The average Bonchev–Trinajstić information content (AvgIpc) is 2.47. The Balaban J connectivity index is 2.28. The van der Waals surface area contributed by atoms with Gasteiger partial charge in [0.2, 0.25) is 5.91 Å². The van der Waals surface area contributed by atoms with Crippen molar-refractivity contribution in [2.24, 2.45) is 5.73 Å². The van der Waals surface area contributed by atoms with Crippen LogP contribution in [0.1, 0.15) is 10.4 Å². The maximum Gasteiger partial charge on any atom is 0.259 e. The monoisotopic (exact) mass is 281 g/mol. The number of hydrogen-bond donors (Lipinski definition) is 3. The molecule has 2 aromatic carbocycles. The van der Waals surface area contributed by atoms with E-state index in [4.69, 9.17) is 5.73 Å². The number of fused-ring (bicyclic) bond motifs is 1. The van der Waals surface area contributed by atoms with E-state index in [1.54, 1.807) is 24.3 Å². The number of nitrogens with zero attached hydrogens (tertiary/aromatic N) is 1. The lowest BCUT2D eigenvalue weighted by atomic mass is 10.1. The summed E-state index contributed by atoms with van der Waals surface area (Å²) in [5, 5.41) is 10.4. The van der Waals surface area contributed by atoms with Crippen molar-refractivity contribution in [1.82, 2.24) is 9.97 Å². The lowest BCUT2D eigenvalue weighted by Gasteiger charge is -2.06. The number of aromatic amines is 1. The highest BCUT2D eigenvalue weighted by molar-refractivity contribution is 5.94. The van der Waals surface area contributed by atoms with E-state index in [-0.39, 0.29) is 28.3 Å². The SMILES string of the molecule is NC(=O)c1ccc(O)c(-c2nc3ccccc3c(=O)[nH]2)c1. The van der Waals surface area contributed by atoms with Gasteiger partial charge in [0.05, 0.1) is 16.5 Å². The molecule has 0 aliphatic heterocycles. The number of benzene rings is 2. The molecule has 1 amide bonds. The predicted molar refractivity (Wildman–Crippen MR) is 78.0 cm³/mol. The van der Waals surface area contributed by atoms with Gasteiger partial charge in [-0.15, -0.1) is 0 Å². The number of carbonyl (C=O) groups excluding carboxylic acids is 1. The number of nitrogens with one attached hydrogen (secondary N) is 1. The molecule has 0 aliphatic rings. The molecule has 6 nitrogen and oxygen atoms in total. The summed E-state index contributed by atoms with van der Waals surface area (Å²) >= 11 is 0. The maximum atomic E-state index is 12.0. The Labute approximate surface area is 118 Å². The number of primary amides is 1. The molecule has 0 bridgehead atoms. The Hall–Kier alpha value is -3.15. The van der Waals surface area contributed by atoms with Crippen LogP contribution in [0.4, 0.5) is 0 Å². The number of aromatic nitrogens is 2. The molecule has 4 N–H and O–H groups in total. The largest absolute Gasteiger partial charge is 0.507 e. The number of phenolic OH excluding ortho intramolecular Hbond substituents is 1. The summed E-state index contributed by atoms with van der Waals surface area (Å²) < 4.78 is 0. The van der Waals surface area contributed by atoms with Crippen LogP contribution in [0.3, 0.4) is 0 Å². The van der Waals surface area contributed by atoms with E-state index in [9.17, 15) is 14.7 Å². The van der Waals surface area contributed by atoms with Crippen molar-refractivity contribution in [2.45, 2.75) is 0 Å². The number of aromatic hydroxyl groups is 1. The van der Waals surface area contributed by atoms with E-state index >= 15 is 0 Å². The summed E-state index contributed by atoms with van der Waals surface area (Å²) in [6.07, 6.45) is 0. The third kappa shape index (κ3) is 2.23. The molecule has 0 spiro atoms. The molecule has 104 valence electrons. The average molecular weight is 281 g/mol. The van der Waals surface area contributed by atoms with Crippen LogP contribution in [-0.4, -0.2) is 21.0 Å². The van der Waals surface area contributed by atoms with Gasteiger partial charge in [-0.25, -0.2) is 4.98 Å². The van der Waals surface area contributed by atoms with Crippen LogP contribution in [0, 0.1) is 0 Å². The van der Waals surface area contributed by atoms with Gasteiger partial charge in [-0.1, -0.05) is 12.1 Å². The first-order valence-corrected chi connectivity index (χ1v) is 6.18. The minimum atomic E-state index is -0.626. The number of rotatable bonds is 2. The Morgan fingerprint density at radius 1 is 1.19 bits per heavy atom. The zero-order chi connectivity index (χ0) is 15.0. The fraction of sp³-hybridized carbons (Fsp3) is 0. The van der Waals surface area contributed by atoms with Crippen molar-refractivity contribution in [1.29, 1.82) is 0 Å². The number of nitrogens with two attached hydrogens (primary N) is 1. The molecule has 1 aromatic heterocycles. The molecule has 0 saturated carbocycles. The molecule has 1 heterocycles. The number of amides is 1. The van der Waals surface area contributed by atoms with Crippen molar-refractivity contribution in [3.63, 3.8) is 0 Å². The molecule has 21 heavy (non-hydrogen) atoms. The summed E-state index contributed by atoms with van der Waals surface area (Å²) in [4.78, 5) is 30.2. The summed E-state index contributed by atoms with van der Waals surface area (Å²) in [5.41, 5.74) is 5.86. The zero-order valence-corrected chi connectivity index (χ0v) is 10.8. The second kappa shape index (κ2) is 4.75. The van der Waals surface area contributed by atoms with E-state index in [0.29, 0.717) is 10.9 Å². The highest BCUT2D eigenvalue weighted by atomic mass is 16.3. The van der Waals surface area contributed by atoms with Gasteiger partial charge in [-0.2, -0.15) is 0 Å². The van der Waals surface area contributed by atoms with Gasteiger partial charge in [0.1, 0.15) is 11.6 Å². The van der Waals surface area contributed by atoms with Gasteiger partial charge in [0.15, 0.2) is 0 Å². The van der Waals surface area contributed by atoms with Gasteiger partial charge >= 0.3 is 0 Å². The molecule has 0 unspecified atom stereocenters. The smallest absolute Gasteiger partial charge is 0.259 e.